The van der Waals surface area contributed by atoms with E-state index in [4.69, 9.17) is 9.47 Å². The van der Waals surface area contributed by atoms with Gasteiger partial charge >= 0.3 is 11.9 Å². The van der Waals surface area contributed by atoms with E-state index in [1.165, 1.54) is 19.3 Å². The van der Waals surface area contributed by atoms with E-state index in [1.807, 2.05) is 0 Å². The molecule has 0 aromatic heterocycles. The molecule has 5 rings (SSSR count). The zero-order chi connectivity index (χ0) is 18.6. The van der Waals surface area contributed by atoms with E-state index in [-0.39, 0.29) is 30.1 Å². The molecule has 4 fully saturated rings. The van der Waals surface area contributed by atoms with Crippen LogP contribution in [0.4, 0.5) is 0 Å². The van der Waals surface area contributed by atoms with Crippen molar-refractivity contribution in [2.24, 2.45) is 41.4 Å². The van der Waals surface area contributed by atoms with Crippen LogP contribution in [0.15, 0.2) is 12.2 Å². The summed E-state index contributed by atoms with van der Waals surface area (Å²) in [7, 11) is 0. The molecule has 0 aliphatic heterocycles. The Labute approximate surface area is 162 Å². The molecule has 0 heterocycles. The topological polar surface area (TPSA) is 52.6 Å². The van der Waals surface area contributed by atoms with E-state index in [0.29, 0.717) is 23.7 Å². The minimum Gasteiger partial charge on any atom is -0.457 e. The van der Waals surface area contributed by atoms with Crippen molar-refractivity contribution < 1.29 is 19.1 Å². The molecule has 0 spiro atoms. The van der Waals surface area contributed by atoms with Crippen molar-refractivity contribution in [2.45, 2.75) is 70.3 Å². The summed E-state index contributed by atoms with van der Waals surface area (Å²) in [5, 5.41) is 0. The maximum Gasteiger partial charge on any atom is 0.344 e. The first kappa shape index (κ1) is 17.8. The van der Waals surface area contributed by atoms with Crippen LogP contribution >= 0.6 is 0 Å². The van der Waals surface area contributed by atoms with Crippen LogP contribution in [-0.4, -0.2) is 24.1 Å². The van der Waals surface area contributed by atoms with Gasteiger partial charge in [-0.2, -0.15) is 0 Å². The number of hydrogen-bond acceptors (Lipinski definition) is 4. The Morgan fingerprint density at radius 1 is 1.00 bits per heavy atom. The summed E-state index contributed by atoms with van der Waals surface area (Å²) >= 11 is 0. The molecule has 5 aliphatic carbocycles. The van der Waals surface area contributed by atoms with Crippen LogP contribution in [0.1, 0.15) is 64.7 Å². The highest BCUT2D eigenvalue weighted by Crippen LogP contribution is 2.67. The first-order valence-corrected chi connectivity index (χ1v) is 11.2. The largest absolute Gasteiger partial charge is 0.457 e. The third kappa shape index (κ3) is 2.86. The Morgan fingerprint density at radius 3 is 2.48 bits per heavy atom. The average Bonchev–Trinajstić information content (AvgIpc) is 3.45. The number of esters is 2. The maximum absolute atomic E-state index is 12.7. The molecule has 0 aromatic rings. The number of ether oxygens (including phenoxy) is 2. The zero-order valence-electron chi connectivity index (χ0n) is 16.4. The molecule has 4 saturated carbocycles. The Kier molecular flexibility index (Phi) is 4.36. The molecule has 5 aliphatic rings. The monoisotopic (exact) mass is 372 g/mol. The van der Waals surface area contributed by atoms with Gasteiger partial charge in [0.05, 0.1) is 5.92 Å². The number of fused-ring (bicyclic) bond motifs is 9. The Balaban J connectivity index is 1.15. The molecule has 4 bridgehead atoms. The Hall–Kier alpha value is -1.32. The maximum atomic E-state index is 12.7. The standard InChI is InChI=1S/C23H32O4/c1-2-23(8-4-3-5-9-23)27-19(24)13-26-22(25)18-12-16-11-17(18)21-15-7-6-14(10-15)20(16)21/h6-7,14-18,20-21H,2-5,8-13H2,1H3. The molecule has 7 unspecified atom stereocenters. The summed E-state index contributed by atoms with van der Waals surface area (Å²) in [5.41, 5.74) is -0.323. The third-order valence-electron chi connectivity index (χ3n) is 8.64. The van der Waals surface area contributed by atoms with Crippen LogP contribution in [0.5, 0.6) is 0 Å². The fourth-order valence-corrected chi connectivity index (χ4v) is 7.52. The molecule has 27 heavy (non-hydrogen) atoms. The van der Waals surface area contributed by atoms with Crippen molar-refractivity contribution in [3.63, 3.8) is 0 Å². The van der Waals surface area contributed by atoms with Gasteiger partial charge in [0.25, 0.3) is 0 Å². The molecule has 0 amide bonds. The SMILES string of the molecule is CCC1(OC(=O)COC(=O)C2CC3CC2C2C4C=CC(C4)C32)CCCCC1. The van der Waals surface area contributed by atoms with E-state index in [1.54, 1.807) is 0 Å². The molecule has 148 valence electrons. The fraction of sp³-hybridized carbons (Fsp3) is 0.826. The lowest BCUT2D eigenvalue weighted by molar-refractivity contribution is -0.175. The number of rotatable bonds is 5. The lowest BCUT2D eigenvalue weighted by atomic mass is 9.69. The number of hydrogen-bond donors (Lipinski definition) is 0. The van der Waals surface area contributed by atoms with Crippen LogP contribution in [-0.2, 0) is 19.1 Å². The van der Waals surface area contributed by atoms with Crippen LogP contribution in [0.25, 0.3) is 0 Å². The molecule has 0 radical (unpaired) electrons. The smallest absolute Gasteiger partial charge is 0.344 e. The third-order valence-corrected chi connectivity index (χ3v) is 8.64. The minimum absolute atomic E-state index is 0.00613. The van der Waals surface area contributed by atoms with E-state index in [2.05, 4.69) is 19.1 Å². The molecular weight excluding hydrogens is 340 g/mol. The summed E-state index contributed by atoms with van der Waals surface area (Å²) in [4.78, 5) is 25.1. The second kappa shape index (κ2) is 6.63. The van der Waals surface area contributed by atoms with Gasteiger partial charge in [-0.15, -0.1) is 0 Å². The first-order valence-electron chi connectivity index (χ1n) is 11.2. The van der Waals surface area contributed by atoms with Gasteiger partial charge in [-0.25, -0.2) is 4.79 Å². The minimum atomic E-state index is -0.365. The lowest BCUT2D eigenvalue weighted by Gasteiger charge is -2.36. The van der Waals surface area contributed by atoms with Gasteiger partial charge in [0.2, 0.25) is 0 Å². The van der Waals surface area contributed by atoms with Crippen molar-refractivity contribution in [3.8, 4) is 0 Å². The summed E-state index contributed by atoms with van der Waals surface area (Å²) in [6.07, 6.45) is 14.4. The Morgan fingerprint density at radius 2 is 1.74 bits per heavy atom. The second-order valence-corrected chi connectivity index (χ2v) is 9.78. The van der Waals surface area contributed by atoms with E-state index < -0.39 is 0 Å². The quantitative estimate of drug-likeness (QED) is 0.411. The van der Waals surface area contributed by atoms with Gasteiger partial charge in [0.1, 0.15) is 5.60 Å². The predicted octanol–water partition coefficient (Wildman–Crippen LogP) is 4.28. The van der Waals surface area contributed by atoms with E-state index in [9.17, 15) is 9.59 Å². The van der Waals surface area contributed by atoms with E-state index >= 15 is 0 Å². The highest BCUT2D eigenvalue weighted by molar-refractivity contribution is 5.78. The molecule has 0 N–H and O–H groups in total. The molecule has 7 atom stereocenters. The van der Waals surface area contributed by atoms with Crippen molar-refractivity contribution >= 4 is 11.9 Å². The van der Waals surface area contributed by atoms with Gasteiger partial charge in [-0.1, -0.05) is 25.5 Å². The number of carbonyl (C=O) groups excluding carboxylic acids is 2. The van der Waals surface area contributed by atoms with Crippen molar-refractivity contribution in [1.29, 1.82) is 0 Å². The normalized spacial score (nSPS) is 42.9. The van der Waals surface area contributed by atoms with Crippen LogP contribution in [0.2, 0.25) is 0 Å². The van der Waals surface area contributed by atoms with Crippen LogP contribution in [0, 0.1) is 41.4 Å². The summed E-state index contributed by atoms with van der Waals surface area (Å²) in [5.74, 6) is 3.61. The highest BCUT2D eigenvalue weighted by Gasteiger charge is 2.62. The van der Waals surface area contributed by atoms with Crippen molar-refractivity contribution in [3.05, 3.63) is 12.2 Å². The Bertz CT molecular complexity index is 647. The van der Waals surface area contributed by atoms with Gasteiger partial charge in [0, 0.05) is 0 Å². The molecule has 4 heteroatoms. The second-order valence-electron chi connectivity index (χ2n) is 9.78. The van der Waals surface area contributed by atoms with Gasteiger partial charge < -0.3 is 9.47 Å². The molecule has 4 nitrogen and oxygen atoms in total. The molecular formula is C23H32O4. The van der Waals surface area contributed by atoms with Crippen LogP contribution in [0.3, 0.4) is 0 Å². The predicted molar refractivity (Wildman–Crippen MR) is 101 cm³/mol. The number of carbonyl (C=O) groups is 2. The highest BCUT2D eigenvalue weighted by atomic mass is 16.6. The van der Waals surface area contributed by atoms with Gasteiger partial charge in [-0.3, -0.25) is 4.79 Å². The molecule has 0 aromatic carbocycles. The summed E-state index contributed by atoms with van der Waals surface area (Å²) in [6.45, 7) is 1.87. The van der Waals surface area contributed by atoms with Crippen molar-refractivity contribution in [1.82, 2.24) is 0 Å². The first-order chi connectivity index (χ1) is 13.1. The average molecular weight is 373 g/mol. The molecule has 0 saturated heterocycles. The van der Waals surface area contributed by atoms with Crippen molar-refractivity contribution in [2.75, 3.05) is 6.61 Å². The summed E-state index contributed by atoms with van der Waals surface area (Å²) < 4.78 is 11.3. The van der Waals surface area contributed by atoms with E-state index in [0.717, 1.165) is 50.4 Å². The number of allylic oxidation sites excluding steroid dienone is 2. The zero-order valence-corrected chi connectivity index (χ0v) is 16.4. The van der Waals surface area contributed by atoms with Gasteiger partial charge in [-0.05, 0) is 86.9 Å². The van der Waals surface area contributed by atoms with Gasteiger partial charge in [0.15, 0.2) is 6.61 Å². The van der Waals surface area contributed by atoms with Crippen LogP contribution < -0.4 is 0 Å². The summed E-state index contributed by atoms with van der Waals surface area (Å²) in [6, 6.07) is 0. The fourth-order valence-electron chi connectivity index (χ4n) is 7.52. The lowest BCUT2D eigenvalue weighted by Crippen LogP contribution is -2.39.